The van der Waals surface area contributed by atoms with Gasteiger partial charge in [0.25, 0.3) is 0 Å². The summed E-state index contributed by atoms with van der Waals surface area (Å²) in [5.74, 6) is 0.716. The highest BCUT2D eigenvalue weighted by atomic mass is 35.5. The molecular weight excluding hydrogens is 639 g/mol. The second-order valence-electron chi connectivity index (χ2n) is 13.9. The van der Waals surface area contributed by atoms with Gasteiger partial charge in [0, 0.05) is 35.5 Å². The molecule has 6 nitrogen and oxygen atoms in total. The molecule has 1 saturated carbocycles. The van der Waals surface area contributed by atoms with Crippen molar-refractivity contribution in [1.29, 1.82) is 0 Å². The zero-order valence-corrected chi connectivity index (χ0v) is 29.7. The number of pyridine rings is 1. The van der Waals surface area contributed by atoms with Gasteiger partial charge in [-0.2, -0.15) is 5.10 Å². The third-order valence-electron chi connectivity index (χ3n) is 10.0. The van der Waals surface area contributed by atoms with Crippen molar-refractivity contribution in [1.82, 2.24) is 14.8 Å². The number of hydrogen-bond acceptors (Lipinski definition) is 5. The van der Waals surface area contributed by atoms with Crippen molar-refractivity contribution >= 4 is 46.3 Å². The van der Waals surface area contributed by atoms with E-state index in [1.807, 2.05) is 16.8 Å². The molecule has 1 unspecified atom stereocenters. The minimum Gasteiger partial charge on any atom is -0.489 e. The Morgan fingerprint density at radius 2 is 1.56 bits per heavy atom. The lowest BCUT2D eigenvalue weighted by Gasteiger charge is -2.30. The second kappa shape index (κ2) is 17.2. The van der Waals surface area contributed by atoms with Crippen LogP contribution in [0.25, 0.3) is 23.1 Å². The minimum absolute atomic E-state index is 0.0796. The van der Waals surface area contributed by atoms with Gasteiger partial charge in [0.1, 0.15) is 12.4 Å². The first kappa shape index (κ1) is 34.9. The summed E-state index contributed by atoms with van der Waals surface area (Å²) in [5, 5.41) is 7.05. The van der Waals surface area contributed by atoms with E-state index in [0.29, 0.717) is 21.4 Å². The molecule has 0 bridgehead atoms. The number of aromatic nitrogens is 3. The van der Waals surface area contributed by atoms with Gasteiger partial charge in [0.15, 0.2) is 6.23 Å². The second-order valence-corrected chi connectivity index (χ2v) is 14.7. The van der Waals surface area contributed by atoms with Gasteiger partial charge in [-0.3, -0.25) is 4.98 Å². The molecule has 2 N–H and O–H groups in total. The maximum Gasteiger partial charge on any atom is 0.150 e. The molecule has 2 aromatic heterocycles. The molecule has 6 rings (SSSR count). The summed E-state index contributed by atoms with van der Waals surface area (Å²) in [6.07, 6.45) is 26.9. The van der Waals surface area contributed by atoms with E-state index in [0.717, 1.165) is 67.3 Å². The van der Waals surface area contributed by atoms with E-state index in [2.05, 4.69) is 47.5 Å². The predicted molar refractivity (Wildman–Crippen MR) is 199 cm³/mol. The molecule has 1 saturated heterocycles. The molecule has 2 aliphatic rings. The Labute approximate surface area is 296 Å². The standard InChI is InChI=1S/C40H50Cl2N4O2/c41-35-27-44-28-36(42)34(35)29-48-32-18-20-38-33(25-32)37(45-46(38)39-16-9-12-23-47-39)19-17-30-14-13-15-31(24-30)26-40(43)21-10-7-5-3-1-2-4-6-8-11-22-40/h13-15,17-20,24-25,27-28,39H,1-12,16,21-23,26,29,43H2/b19-17+. The fraction of sp³-hybridized carbons (Fsp3) is 0.500. The number of fused-ring (bicyclic) bond motifs is 1. The molecule has 0 amide bonds. The van der Waals surface area contributed by atoms with Crippen molar-refractivity contribution in [2.24, 2.45) is 5.73 Å². The van der Waals surface area contributed by atoms with Gasteiger partial charge in [0.2, 0.25) is 0 Å². The Kier molecular flexibility index (Phi) is 12.5. The molecule has 1 aliphatic carbocycles. The fourth-order valence-corrected chi connectivity index (χ4v) is 7.76. The molecule has 256 valence electrons. The first-order chi connectivity index (χ1) is 23.5. The van der Waals surface area contributed by atoms with Crippen LogP contribution < -0.4 is 10.5 Å². The van der Waals surface area contributed by atoms with Crippen LogP contribution in [0.2, 0.25) is 10.0 Å². The molecule has 1 atom stereocenters. The van der Waals surface area contributed by atoms with E-state index in [-0.39, 0.29) is 18.4 Å². The zero-order chi connectivity index (χ0) is 33.2. The van der Waals surface area contributed by atoms with Crippen LogP contribution in [0.4, 0.5) is 0 Å². The van der Waals surface area contributed by atoms with Crippen molar-refractivity contribution in [2.45, 2.75) is 121 Å². The number of halogens is 2. The monoisotopic (exact) mass is 688 g/mol. The molecule has 2 fully saturated rings. The summed E-state index contributed by atoms with van der Waals surface area (Å²) in [6.45, 7) is 0.993. The van der Waals surface area contributed by atoms with Gasteiger partial charge in [-0.15, -0.1) is 0 Å². The van der Waals surface area contributed by atoms with Crippen LogP contribution in [-0.4, -0.2) is 26.9 Å². The largest absolute Gasteiger partial charge is 0.489 e. The van der Waals surface area contributed by atoms with Crippen LogP contribution in [-0.2, 0) is 17.8 Å². The van der Waals surface area contributed by atoms with E-state index in [1.54, 1.807) is 12.4 Å². The van der Waals surface area contributed by atoms with Crippen molar-refractivity contribution in [3.05, 3.63) is 87.3 Å². The summed E-state index contributed by atoms with van der Waals surface area (Å²) in [7, 11) is 0. The highest BCUT2D eigenvalue weighted by molar-refractivity contribution is 6.35. The number of benzene rings is 2. The normalized spacial score (nSPS) is 19.9. The molecule has 0 spiro atoms. The first-order valence-corrected chi connectivity index (χ1v) is 18.8. The lowest BCUT2D eigenvalue weighted by molar-refractivity contribution is -0.0367. The Morgan fingerprint density at radius 3 is 2.25 bits per heavy atom. The Hall–Kier alpha value is -2.90. The first-order valence-electron chi connectivity index (χ1n) is 18.1. The summed E-state index contributed by atoms with van der Waals surface area (Å²) in [5.41, 5.74) is 12.1. The average molecular weight is 690 g/mol. The van der Waals surface area contributed by atoms with Gasteiger partial charge in [-0.05, 0) is 73.9 Å². The summed E-state index contributed by atoms with van der Waals surface area (Å²) in [6, 6.07) is 14.9. The van der Waals surface area contributed by atoms with Crippen LogP contribution in [0, 0.1) is 0 Å². The number of nitrogens with zero attached hydrogens (tertiary/aromatic N) is 3. The van der Waals surface area contributed by atoms with E-state index in [1.165, 1.54) is 69.8 Å². The third-order valence-corrected chi connectivity index (χ3v) is 10.7. The molecule has 3 heterocycles. The maximum atomic E-state index is 7.18. The van der Waals surface area contributed by atoms with E-state index in [4.69, 9.17) is 43.5 Å². The van der Waals surface area contributed by atoms with E-state index >= 15 is 0 Å². The smallest absolute Gasteiger partial charge is 0.150 e. The van der Waals surface area contributed by atoms with E-state index < -0.39 is 0 Å². The van der Waals surface area contributed by atoms with Crippen LogP contribution in [0.5, 0.6) is 5.75 Å². The number of ether oxygens (including phenoxy) is 2. The number of rotatable bonds is 8. The zero-order valence-electron chi connectivity index (χ0n) is 28.1. The predicted octanol–water partition coefficient (Wildman–Crippen LogP) is 11.1. The molecule has 8 heteroatoms. The van der Waals surface area contributed by atoms with Crippen molar-refractivity contribution in [2.75, 3.05) is 6.61 Å². The highest BCUT2D eigenvalue weighted by Gasteiger charge is 2.25. The Balaban J connectivity index is 1.22. The third kappa shape index (κ3) is 9.41. The summed E-state index contributed by atoms with van der Waals surface area (Å²) in [4.78, 5) is 4.05. The highest BCUT2D eigenvalue weighted by Crippen LogP contribution is 2.33. The quantitative estimate of drug-likeness (QED) is 0.199. The van der Waals surface area contributed by atoms with E-state index in [9.17, 15) is 0 Å². The molecule has 0 radical (unpaired) electrons. The molecule has 4 aromatic rings. The number of nitrogens with two attached hydrogens (primary N) is 1. The van der Waals surface area contributed by atoms with Gasteiger partial charge in [-0.25, -0.2) is 4.68 Å². The van der Waals surface area contributed by atoms with Crippen molar-refractivity contribution in [3.63, 3.8) is 0 Å². The molecule has 48 heavy (non-hydrogen) atoms. The van der Waals surface area contributed by atoms with Crippen LogP contribution >= 0.6 is 23.2 Å². The Bertz CT molecular complexity index is 1630. The van der Waals surface area contributed by atoms with Crippen LogP contribution in [0.1, 0.15) is 125 Å². The van der Waals surface area contributed by atoms with Crippen molar-refractivity contribution in [3.8, 4) is 5.75 Å². The van der Waals surface area contributed by atoms with Crippen LogP contribution in [0.15, 0.2) is 54.9 Å². The lowest BCUT2D eigenvalue weighted by atomic mass is 9.82. The Morgan fingerprint density at radius 1 is 0.854 bits per heavy atom. The molecular formula is C40H50Cl2N4O2. The summed E-state index contributed by atoms with van der Waals surface area (Å²) < 4.78 is 14.4. The van der Waals surface area contributed by atoms with Gasteiger partial charge < -0.3 is 15.2 Å². The van der Waals surface area contributed by atoms with Gasteiger partial charge in [0.05, 0.1) is 21.3 Å². The minimum atomic E-state index is -0.146. The maximum absolute atomic E-state index is 7.18. The van der Waals surface area contributed by atoms with Gasteiger partial charge >= 0.3 is 0 Å². The topological polar surface area (TPSA) is 75.2 Å². The number of hydrogen-bond donors (Lipinski definition) is 1. The van der Waals surface area contributed by atoms with Gasteiger partial charge in [-0.1, -0.05) is 118 Å². The van der Waals surface area contributed by atoms with Crippen LogP contribution in [0.3, 0.4) is 0 Å². The SMILES string of the molecule is NC1(Cc2cccc(/C=C/c3nn(C4CCCCO4)c4ccc(OCc5c(Cl)cncc5Cl)cc34)c2)CCCCCCCCCCCC1. The molecule has 2 aromatic carbocycles. The summed E-state index contributed by atoms with van der Waals surface area (Å²) >= 11 is 12.7. The average Bonchev–Trinajstić information content (AvgIpc) is 3.46. The lowest BCUT2D eigenvalue weighted by Crippen LogP contribution is -2.42. The molecule has 1 aliphatic heterocycles. The van der Waals surface area contributed by atoms with Crippen molar-refractivity contribution < 1.29 is 9.47 Å². The fourth-order valence-electron chi connectivity index (χ4n) is 7.28.